The summed E-state index contributed by atoms with van der Waals surface area (Å²) in [7, 11) is 1.73. The zero-order valence-corrected chi connectivity index (χ0v) is 11.4. The van der Waals surface area contributed by atoms with E-state index in [-0.39, 0.29) is 6.04 Å². The van der Waals surface area contributed by atoms with Gasteiger partial charge in [-0.15, -0.1) is 0 Å². The van der Waals surface area contributed by atoms with Gasteiger partial charge in [-0.2, -0.15) is 0 Å². The fourth-order valence-electron chi connectivity index (χ4n) is 2.72. The smallest absolute Gasteiger partial charge is 0.0477 e. The van der Waals surface area contributed by atoms with Gasteiger partial charge in [0.15, 0.2) is 0 Å². The van der Waals surface area contributed by atoms with E-state index < -0.39 is 0 Å². The molecule has 1 aliphatic heterocycles. The van der Waals surface area contributed by atoms with Gasteiger partial charge in [-0.1, -0.05) is 25.1 Å². The molecule has 1 aliphatic rings. The molecular formula is C15H24N2O. The lowest BCUT2D eigenvalue weighted by Gasteiger charge is -2.36. The maximum atomic E-state index is 6.17. The van der Waals surface area contributed by atoms with Crippen molar-refractivity contribution in [3.05, 3.63) is 29.8 Å². The molecule has 18 heavy (non-hydrogen) atoms. The second-order valence-electron chi connectivity index (χ2n) is 5.38. The Morgan fingerprint density at radius 3 is 3.00 bits per heavy atom. The highest BCUT2D eigenvalue weighted by Crippen LogP contribution is 2.29. The Morgan fingerprint density at radius 2 is 2.22 bits per heavy atom. The summed E-state index contributed by atoms with van der Waals surface area (Å²) in [6, 6.07) is 8.87. The van der Waals surface area contributed by atoms with Crippen molar-refractivity contribution in [3.8, 4) is 0 Å². The van der Waals surface area contributed by atoms with Crippen molar-refractivity contribution in [1.82, 2.24) is 0 Å². The number of fused-ring (bicyclic) bond motifs is 1. The van der Waals surface area contributed by atoms with Crippen LogP contribution < -0.4 is 10.6 Å². The molecule has 2 N–H and O–H groups in total. The minimum Gasteiger partial charge on any atom is -0.385 e. The standard InChI is InChI=1S/C15H24N2O/c1-12-9-13-5-3-4-6-15(13)17(10-12)11-14(16)7-8-18-2/h3-6,12,14H,7-11,16H2,1-2H3. The third kappa shape index (κ3) is 3.24. The van der Waals surface area contributed by atoms with Crippen LogP contribution in [0.3, 0.4) is 0 Å². The maximum Gasteiger partial charge on any atom is 0.0477 e. The average molecular weight is 248 g/mol. The SMILES string of the molecule is COCCC(N)CN1CC(C)Cc2ccccc21. The molecule has 2 atom stereocenters. The van der Waals surface area contributed by atoms with Crippen LogP contribution in [0.5, 0.6) is 0 Å². The van der Waals surface area contributed by atoms with E-state index in [2.05, 4.69) is 36.1 Å². The second kappa shape index (κ2) is 6.21. The van der Waals surface area contributed by atoms with Gasteiger partial charge in [-0.3, -0.25) is 0 Å². The number of rotatable bonds is 5. The normalized spacial score (nSPS) is 20.6. The molecule has 3 heteroatoms. The molecule has 0 saturated heterocycles. The minimum absolute atomic E-state index is 0.184. The van der Waals surface area contributed by atoms with Gasteiger partial charge in [0.1, 0.15) is 0 Å². The van der Waals surface area contributed by atoms with Crippen molar-refractivity contribution in [3.63, 3.8) is 0 Å². The summed E-state index contributed by atoms with van der Waals surface area (Å²) in [5.41, 5.74) is 8.99. The van der Waals surface area contributed by atoms with Crippen molar-refractivity contribution >= 4 is 5.69 Å². The van der Waals surface area contributed by atoms with E-state index in [0.717, 1.165) is 26.1 Å². The molecule has 1 heterocycles. The Bertz CT molecular complexity index is 381. The van der Waals surface area contributed by atoms with Crippen LogP contribution in [0.1, 0.15) is 18.9 Å². The van der Waals surface area contributed by atoms with Crippen LogP contribution in [-0.4, -0.2) is 32.8 Å². The monoisotopic (exact) mass is 248 g/mol. The van der Waals surface area contributed by atoms with E-state index in [0.29, 0.717) is 5.92 Å². The lowest BCUT2D eigenvalue weighted by Crippen LogP contribution is -2.43. The molecule has 2 unspecified atom stereocenters. The predicted molar refractivity (Wildman–Crippen MR) is 76.0 cm³/mol. The van der Waals surface area contributed by atoms with Crippen LogP contribution in [0.25, 0.3) is 0 Å². The summed E-state index contributed by atoms with van der Waals surface area (Å²) < 4.78 is 5.09. The van der Waals surface area contributed by atoms with E-state index in [9.17, 15) is 0 Å². The largest absolute Gasteiger partial charge is 0.385 e. The molecule has 3 nitrogen and oxygen atoms in total. The number of hydrogen-bond acceptors (Lipinski definition) is 3. The summed E-state index contributed by atoms with van der Waals surface area (Å²) in [6.45, 7) is 5.08. The van der Waals surface area contributed by atoms with Crippen LogP contribution >= 0.6 is 0 Å². The van der Waals surface area contributed by atoms with Gasteiger partial charge in [0.05, 0.1) is 0 Å². The van der Waals surface area contributed by atoms with Crippen molar-refractivity contribution in [2.45, 2.75) is 25.8 Å². The van der Waals surface area contributed by atoms with Gasteiger partial charge < -0.3 is 15.4 Å². The third-order valence-electron chi connectivity index (χ3n) is 3.58. The fraction of sp³-hybridized carbons (Fsp3) is 0.600. The number of hydrogen-bond donors (Lipinski definition) is 1. The van der Waals surface area contributed by atoms with E-state index in [4.69, 9.17) is 10.5 Å². The highest BCUT2D eigenvalue weighted by Gasteiger charge is 2.22. The number of benzene rings is 1. The van der Waals surface area contributed by atoms with Crippen molar-refractivity contribution in [2.24, 2.45) is 11.7 Å². The number of nitrogens with two attached hydrogens (primary N) is 1. The topological polar surface area (TPSA) is 38.5 Å². The predicted octanol–water partition coefficient (Wildman–Crippen LogP) is 2.05. The van der Waals surface area contributed by atoms with Crippen molar-refractivity contribution in [1.29, 1.82) is 0 Å². The molecule has 100 valence electrons. The highest BCUT2D eigenvalue weighted by atomic mass is 16.5. The summed E-state index contributed by atoms with van der Waals surface area (Å²) in [5, 5.41) is 0. The molecule has 0 bridgehead atoms. The van der Waals surface area contributed by atoms with Gasteiger partial charge in [0.25, 0.3) is 0 Å². The van der Waals surface area contributed by atoms with E-state index in [1.54, 1.807) is 7.11 Å². The molecule has 1 aromatic rings. The summed E-state index contributed by atoms with van der Waals surface area (Å²) >= 11 is 0. The maximum absolute atomic E-state index is 6.17. The van der Waals surface area contributed by atoms with Crippen LogP contribution in [0.15, 0.2) is 24.3 Å². The Labute approximate surface area is 110 Å². The zero-order valence-electron chi connectivity index (χ0n) is 11.4. The number of ether oxygens (including phenoxy) is 1. The van der Waals surface area contributed by atoms with Crippen LogP contribution in [0.2, 0.25) is 0 Å². The summed E-state index contributed by atoms with van der Waals surface area (Å²) in [6.07, 6.45) is 2.10. The van der Waals surface area contributed by atoms with Gasteiger partial charge in [0, 0.05) is 38.5 Å². The van der Waals surface area contributed by atoms with Gasteiger partial charge >= 0.3 is 0 Å². The highest BCUT2D eigenvalue weighted by molar-refractivity contribution is 5.55. The lowest BCUT2D eigenvalue weighted by atomic mass is 9.93. The second-order valence-corrected chi connectivity index (χ2v) is 5.38. The minimum atomic E-state index is 0.184. The molecule has 0 radical (unpaired) electrons. The molecule has 2 rings (SSSR count). The number of para-hydroxylation sites is 1. The van der Waals surface area contributed by atoms with Crippen LogP contribution in [0.4, 0.5) is 5.69 Å². The average Bonchev–Trinajstić information content (AvgIpc) is 2.36. The molecule has 0 spiro atoms. The first-order chi connectivity index (χ1) is 8.70. The van der Waals surface area contributed by atoms with Gasteiger partial charge in [-0.05, 0) is 30.4 Å². The van der Waals surface area contributed by atoms with Gasteiger partial charge in [0.2, 0.25) is 0 Å². The molecule has 1 aromatic carbocycles. The molecule has 0 fully saturated rings. The first kappa shape index (κ1) is 13.4. The summed E-state index contributed by atoms with van der Waals surface area (Å²) in [5.74, 6) is 0.703. The van der Waals surface area contributed by atoms with Crippen LogP contribution in [0, 0.1) is 5.92 Å². The zero-order chi connectivity index (χ0) is 13.0. The van der Waals surface area contributed by atoms with Crippen LogP contribution in [-0.2, 0) is 11.2 Å². The summed E-state index contributed by atoms with van der Waals surface area (Å²) in [4.78, 5) is 2.43. The first-order valence-corrected chi connectivity index (χ1v) is 6.78. The molecule has 0 aromatic heterocycles. The Kier molecular flexibility index (Phi) is 4.61. The van der Waals surface area contributed by atoms with E-state index >= 15 is 0 Å². The molecule has 0 saturated carbocycles. The first-order valence-electron chi connectivity index (χ1n) is 6.78. The van der Waals surface area contributed by atoms with E-state index in [1.807, 2.05) is 0 Å². The Morgan fingerprint density at radius 1 is 1.44 bits per heavy atom. The van der Waals surface area contributed by atoms with E-state index in [1.165, 1.54) is 17.7 Å². The molecule has 0 aliphatic carbocycles. The Hall–Kier alpha value is -1.06. The quantitative estimate of drug-likeness (QED) is 0.866. The third-order valence-corrected chi connectivity index (χ3v) is 3.58. The fourth-order valence-corrected chi connectivity index (χ4v) is 2.72. The lowest BCUT2D eigenvalue weighted by molar-refractivity contribution is 0.188. The Balaban J connectivity index is 2.04. The van der Waals surface area contributed by atoms with Crippen molar-refractivity contribution < 1.29 is 4.74 Å². The molecule has 0 amide bonds. The van der Waals surface area contributed by atoms with Gasteiger partial charge in [-0.25, -0.2) is 0 Å². The number of anilines is 1. The number of methoxy groups -OCH3 is 1. The molecular weight excluding hydrogens is 224 g/mol. The number of nitrogens with zero attached hydrogens (tertiary/aromatic N) is 1. The van der Waals surface area contributed by atoms with Crippen molar-refractivity contribution in [2.75, 3.05) is 31.7 Å².